The molecule has 0 aliphatic carbocycles. The molecule has 4 rings (SSSR count). The highest BCUT2D eigenvalue weighted by atomic mass is 16.1. The largest absolute Gasteiger partial charge is 0.354 e. The zero-order chi connectivity index (χ0) is 14.2. The minimum absolute atomic E-state index is 0.228. The Morgan fingerprint density at radius 3 is 2.81 bits per heavy atom. The summed E-state index contributed by atoms with van der Waals surface area (Å²) in [6.07, 6.45) is 3.39. The van der Waals surface area contributed by atoms with Gasteiger partial charge in [-0.15, -0.1) is 0 Å². The van der Waals surface area contributed by atoms with Crippen LogP contribution in [0.15, 0.2) is 53.6 Å². The summed E-state index contributed by atoms with van der Waals surface area (Å²) < 4.78 is 0. The van der Waals surface area contributed by atoms with Crippen molar-refractivity contribution in [3.8, 4) is 22.5 Å². The maximum absolute atomic E-state index is 12.1. The van der Waals surface area contributed by atoms with Crippen molar-refractivity contribution in [3.63, 3.8) is 0 Å². The predicted octanol–water partition coefficient (Wildman–Crippen LogP) is 2.31. The minimum atomic E-state index is -0.228. The first-order valence-electron chi connectivity index (χ1n) is 6.48. The van der Waals surface area contributed by atoms with Gasteiger partial charge >= 0.3 is 0 Å². The average molecular weight is 277 g/mol. The Kier molecular flexibility index (Phi) is 2.47. The van der Waals surface area contributed by atoms with E-state index in [0.29, 0.717) is 11.3 Å². The Labute approximate surface area is 118 Å². The van der Waals surface area contributed by atoms with Gasteiger partial charge in [0.15, 0.2) is 0 Å². The van der Waals surface area contributed by atoms with E-state index in [0.717, 1.165) is 22.2 Å². The minimum Gasteiger partial charge on any atom is -0.354 e. The maximum Gasteiger partial charge on any atom is 0.273 e. The second-order valence-corrected chi connectivity index (χ2v) is 4.75. The fourth-order valence-corrected chi connectivity index (χ4v) is 2.36. The van der Waals surface area contributed by atoms with E-state index < -0.39 is 0 Å². The number of benzene rings is 1. The zero-order valence-corrected chi connectivity index (χ0v) is 10.9. The number of rotatable bonds is 2. The van der Waals surface area contributed by atoms with Crippen LogP contribution in [0.3, 0.4) is 0 Å². The SMILES string of the molecule is O=c1[nH]nc(-c2cn[nH]c2)cc1-c1cc2ccccc2[nH]1. The molecule has 0 bridgehead atoms. The monoisotopic (exact) mass is 277 g/mol. The van der Waals surface area contributed by atoms with Crippen molar-refractivity contribution in [1.29, 1.82) is 0 Å². The number of hydrogen-bond donors (Lipinski definition) is 3. The lowest BCUT2D eigenvalue weighted by Crippen LogP contribution is -2.11. The molecular formula is C15H11N5O. The summed E-state index contributed by atoms with van der Waals surface area (Å²) in [4.78, 5) is 15.3. The molecule has 102 valence electrons. The molecule has 3 aromatic heterocycles. The molecule has 0 atom stereocenters. The molecular weight excluding hydrogens is 266 g/mol. The van der Waals surface area contributed by atoms with Crippen LogP contribution in [-0.2, 0) is 0 Å². The molecule has 1 aromatic carbocycles. The first-order chi connectivity index (χ1) is 10.3. The fourth-order valence-electron chi connectivity index (χ4n) is 2.36. The van der Waals surface area contributed by atoms with Gasteiger partial charge < -0.3 is 4.98 Å². The predicted molar refractivity (Wildman–Crippen MR) is 79.7 cm³/mol. The zero-order valence-electron chi connectivity index (χ0n) is 10.9. The first-order valence-corrected chi connectivity index (χ1v) is 6.48. The molecule has 0 fully saturated rings. The van der Waals surface area contributed by atoms with Crippen LogP contribution in [0, 0.1) is 0 Å². The molecule has 0 aliphatic rings. The van der Waals surface area contributed by atoms with E-state index >= 15 is 0 Å². The van der Waals surface area contributed by atoms with Crippen molar-refractivity contribution in [2.75, 3.05) is 0 Å². The molecule has 6 heteroatoms. The van der Waals surface area contributed by atoms with Gasteiger partial charge in [-0.3, -0.25) is 9.89 Å². The van der Waals surface area contributed by atoms with Gasteiger partial charge in [0, 0.05) is 22.7 Å². The highest BCUT2D eigenvalue weighted by molar-refractivity contribution is 5.86. The van der Waals surface area contributed by atoms with Crippen LogP contribution in [0.1, 0.15) is 0 Å². The number of aromatic amines is 3. The second-order valence-electron chi connectivity index (χ2n) is 4.75. The van der Waals surface area contributed by atoms with E-state index in [1.807, 2.05) is 30.3 Å². The van der Waals surface area contributed by atoms with E-state index in [-0.39, 0.29) is 5.56 Å². The van der Waals surface area contributed by atoms with E-state index in [2.05, 4.69) is 25.4 Å². The van der Waals surface area contributed by atoms with E-state index in [1.54, 1.807) is 18.5 Å². The lowest BCUT2D eigenvalue weighted by molar-refractivity contribution is 0.997. The standard InChI is InChI=1S/C15H11N5O/c21-15-11(6-13(19-20-15)10-7-16-17-8-10)14-5-9-3-1-2-4-12(9)18-14/h1-8,18H,(H,16,17)(H,20,21). The highest BCUT2D eigenvalue weighted by Gasteiger charge is 2.10. The van der Waals surface area contributed by atoms with Gasteiger partial charge in [0.25, 0.3) is 5.56 Å². The van der Waals surface area contributed by atoms with Gasteiger partial charge in [-0.05, 0) is 18.2 Å². The van der Waals surface area contributed by atoms with Crippen LogP contribution in [-0.4, -0.2) is 25.4 Å². The first kappa shape index (κ1) is 11.7. The molecule has 0 radical (unpaired) electrons. The summed E-state index contributed by atoms with van der Waals surface area (Å²) >= 11 is 0. The quantitative estimate of drug-likeness (QED) is 0.525. The number of aromatic nitrogens is 5. The van der Waals surface area contributed by atoms with Crippen molar-refractivity contribution in [3.05, 3.63) is 59.1 Å². The molecule has 3 heterocycles. The summed E-state index contributed by atoms with van der Waals surface area (Å²) in [5.41, 5.74) is 3.57. The number of para-hydroxylation sites is 1. The number of nitrogens with zero attached hydrogens (tertiary/aromatic N) is 2. The van der Waals surface area contributed by atoms with Crippen molar-refractivity contribution < 1.29 is 0 Å². The van der Waals surface area contributed by atoms with Crippen LogP contribution in [0.5, 0.6) is 0 Å². The molecule has 6 nitrogen and oxygen atoms in total. The number of fused-ring (bicyclic) bond motifs is 1. The van der Waals surface area contributed by atoms with Crippen molar-refractivity contribution in [2.24, 2.45) is 0 Å². The molecule has 0 saturated carbocycles. The Bertz CT molecular complexity index is 932. The molecule has 3 N–H and O–H groups in total. The summed E-state index contributed by atoms with van der Waals surface area (Å²) in [6.45, 7) is 0. The molecule has 0 amide bonds. The average Bonchev–Trinajstić information content (AvgIpc) is 3.17. The Morgan fingerprint density at radius 2 is 2.00 bits per heavy atom. The lowest BCUT2D eigenvalue weighted by atomic mass is 10.1. The van der Waals surface area contributed by atoms with Crippen LogP contribution >= 0.6 is 0 Å². The molecule has 0 saturated heterocycles. The van der Waals surface area contributed by atoms with Crippen LogP contribution in [0.4, 0.5) is 0 Å². The highest BCUT2D eigenvalue weighted by Crippen LogP contribution is 2.23. The third kappa shape index (κ3) is 1.93. The van der Waals surface area contributed by atoms with E-state index in [1.165, 1.54) is 0 Å². The lowest BCUT2D eigenvalue weighted by Gasteiger charge is -2.00. The summed E-state index contributed by atoms with van der Waals surface area (Å²) in [7, 11) is 0. The Balaban J connectivity index is 1.91. The van der Waals surface area contributed by atoms with Crippen LogP contribution in [0.25, 0.3) is 33.4 Å². The normalized spacial score (nSPS) is 11.0. The number of nitrogens with one attached hydrogen (secondary N) is 3. The molecule has 0 unspecified atom stereocenters. The van der Waals surface area contributed by atoms with Crippen molar-refractivity contribution >= 4 is 10.9 Å². The number of H-pyrrole nitrogens is 3. The van der Waals surface area contributed by atoms with Gasteiger partial charge in [0.1, 0.15) is 0 Å². The fraction of sp³-hybridized carbons (Fsp3) is 0. The van der Waals surface area contributed by atoms with Crippen LogP contribution in [0.2, 0.25) is 0 Å². The smallest absolute Gasteiger partial charge is 0.273 e. The van der Waals surface area contributed by atoms with Gasteiger partial charge in [0.2, 0.25) is 0 Å². The van der Waals surface area contributed by atoms with Gasteiger partial charge in [-0.1, -0.05) is 18.2 Å². The Hall–Kier alpha value is -3.15. The number of hydrogen-bond acceptors (Lipinski definition) is 3. The van der Waals surface area contributed by atoms with Crippen molar-refractivity contribution in [2.45, 2.75) is 0 Å². The van der Waals surface area contributed by atoms with Gasteiger partial charge in [0.05, 0.1) is 23.1 Å². The Morgan fingerprint density at radius 1 is 1.10 bits per heavy atom. The van der Waals surface area contributed by atoms with Gasteiger partial charge in [-0.2, -0.15) is 10.2 Å². The topological polar surface area (TPSA) is 90.2 Å². The maximum atomic E-state index is 12.1. The van der Waals surface area contributed by atoms with Crippen molar-refractivity contribution in [1.82, 2.24) is 25.4 Å². The summed E-state index contributed by atoms with van der Waals surface area (Å²) in [5.74, 6) is 0. The second kappa shape index (κ2) is 4.45. The molecule has 4 aromatic rings. The molecule has 21 heavy (non-hydrogen) atoms. The van der Waals surface area contributed by atoms with Gasteiger partial charge in [-0.25, -0.2) is 5.10 Å². The molecule has 0 aliphatic heterocycles. The third-order valence-electron chi connectivity index (χ3n) is 3.42. The van der Waals surface area contributed by atoms with E-state index in [4.69, 9.17) is 0 Å². The van der Waals surface area contributed by atoms with E-state index in [9.17, 15) is 4.79 Å². The molecule has 0 spiro atoms. The van der Waals surface area contributed by atoms with Crippen LogP contribution < -0.4 is 5.56 Å². The summed E-state index contributed by atoms with van der Waals surface area (Å²) in [5, 5.41) is 14.3. The third-order valence-corrected chi connectivity index (χ3v) is 3.42. The summed E-state index contributed by atoms with van der Waals surface area (Å²) in [6, 6.07) is 11.6.